The van der Waals surface area contributed by atoms with Gasteiger partial charge in [-0.3, -0.25) is 0 Å². The van der Waals surface area contributed by atoms with Crippen molar-refractivity contribution in [1.82, 2.24) is 0 Å². The Hall–Kier alpha value is -1.07. The summed E-state index contributed by atoms with van der Waals surface area (Å²) in [5, 5.41) is 8.52. The standard InChI is InChI=1S/C13H20N2O2S/c1-10(11-6-2-3-7-11)15-12-8-4-5-9-13(12)18(14,16)17/h4-5,8-11,15H,2-3,6-7H2,1H3,(H2,14,16,17). The van der Waals surface area contributed by atoms with Gasteiger partial charge in [-0.05, 0) is 37.8 Å². The van der Waals surface area contributed by atoms with Crippen molar-refractivity contribution in [3.63, 3.8) is 0 Å². The normalized spacial score (nSPS) is 18.8. The van der Waals surface area contributed by atoms with Crippen LogP contribution in [0.15, 0.2) is 29.2 Å². The van der Waals surface area contributed by atoms with Gasteiger partial charge in [0.2, 0.25) is 10.0 Å². The first kappa shape index (κ1) is 13.4. The maximum Gasteiger partial charge on any atom is 0.240 e. The van der Waals surface area contributed by atoms with Gasteiger partial charge in [0, 0.05) is 6.04 Å². The minimum atomic E-state index is -3.67. The SMILES string of the molecule is CC(Nc1ccccc1S(N)(=O)=O)C1CCCC1. The molecule has 100 valence electrons. The first-order chi connectivity index (χ1) is 8.48. The number of anilines is 1. The summed E-state index contributed by atoms with van der Waals surface area (Å²) in [6, 6.07) is 7.09. The fourth-order valence-electron chi connectivity index (χ4n) is 2.65. The molecule has 1 aliphatic rings. The van der Waals surface area contributed by atoms with E-state index in [9.17, 15) is 8.42 Å². The Bertz CT molecular complexity index is 507. The van der Waals surface area contributed by atoms with Gasteiger partial charge in [-0.25, -0.2) is 13.6 Å². The molecule has 4 nitrogen and oxygen atoms in total. The molecule has 1 atom stereocenters. The molecular weight excluding hydrogens is 248 g/mol. The topological polar surface area (TPSA) is 72.2 Å². The van der Waals surface area contributed by atoms with Gasteiger partial charge in [-0.2, -0.15) is 0 Å². The summed E-state index contributed by atoms with van der Waals surface area (Å²) < 4.78 is 23.0. The fraction of sp³-hybridized carbons (Fsp3) is 0.538. The fourth-order valence-corrected chi connectivity index (χ4v) is 3.36. The van der Waals surface area contributed by atoms with Crippen LogP contribution in [-0.2, 0) is 10.0 Å². The number of benzene rings is 1. The van der Waals surface area contributed by atoms with E-state index in [4.69, 9.17) is 5.14 Å². The van der Waals surface area contributed by atoms with E-state index in [0.717, 1.165) is 0 Å². The third kappa shape index (κ3) is 3.03. The predicted molar refractivity (Wildman–Crippen MR) is 72.9 cm³/mol. The van der Waals surface area contributed by atoms with E-state index in [0.29, 0.717) is 11.6 Å². The molecule has 1 aromatic rings. The molecule has 0 amide bonds. The Morgan fingerprint density at radius 2 is 1.89 bits per heavy atom. The maximum absolute atomic E-state index is 11.5. The smallest absolute Gasteiger partial charge is 0.240 e. The summed E-state index contributed by atoms with van der Waals surface area (Å²) in [4.78, 5) is 0.176. The highest BCUT2D eigenvalue weighted by atomic mass is 32.2. The molecule has 1 unspecified atom stereocenters. The second-order valence-electron chi connectivity index (χ2n) is 5.02. The highest BCUT2D eigenvalue weighted by Gasteiger charge is 2.23. The Morgan fingerprint density at radius 1 is 1.28 bits per heavy atom. The van der Waals surface area contributed by atoms with E-state index in [-0.39, 0.29) is 10.9 Å². The van der Waals surface area contributed by atoms with Crippen molar-refractivity contribution in [3.05, 3.63) is 24.3 Å². The lowest BCUT2D eigenvalue weighted by Crippen LogP contribution is -2.25. The summed E-state index contributed by atoms with van der Waals surface area (Å²) in [5.74, 6) is 0.624. The average molecular weight is 268 g/mol. The van der Waals surface area contributed by atoms with Crippen LogP contribution < -0.4 is 10.5 Å². The lowest BCUT2D eigenvalue weighted by atomic mass is 9.99. The molecule has 5 heteroatoms. The molecule has 1 saturated carbocycles. The van der Waals surface area contributed by atoms with E-state index in [1.165, 1.54) is 25.7 Å². The molecule has 0 radical (unpaired) electrons. The van der Waals surface area contributed by atoms with Crippen LogP contribution in [0.1, 0.15) is 32.6 Å². The first-order valence-corrected chi connectivity index (χ1v) is 7.91. The lowest BCUT2D eigenvalue weighted by molar-refractivity contribution is 0.481. The molecule has 1 fully saturated rings. The number of primary sulfonamides is 1. The molecule has 0 aromatic heterocycles. The molecule has 1 aromatic carbocycles. The summed E-state index contributed by atoms with van der Waals surface area (Å²) >= 11 is 0. The van der Waals surface area contributed by atoms with E-state index in [2.05, 4.69) is 12.2 Å². The lowest BCUT2D eigenvalue weighted by Gasteiger charge is -2.22. The van der Waals surface area contributed by atoms with Crippen molar-refractivity contribution >= 4 is 15.7 Å². The predicted octanol–water partition coefficient (Wildman–Crippen LogP) is 2.32. The van der Waals surface area contributed by atoms with Gasteiger partial charge in [0.1, 0.15) is 4.90 Å². The van der Waals surface area contributed by atoms with Crippen LogP contribution in [0.3, 0.4) is 0 Å². The van der Waals surface area contributed by atoms with Crippen molar-refractivity contribution in [2.75, 3.05) is 5.32 Å². The maximum atomic E-state index is 11.5. The van der Waals surface area contributed by atoms with Gasteiger partial charge in [0.05, 0.1) is 5.69 Å². The number of nitrogens with two attached hydrogens (primary N) is 1. The number of para-hydroxylation sites is 1. The Balaban J connectivity index is 2.18. The molecule has 2 rings (SSSR count). The van der Waals surface area contributed by atoms with Gasteiger partial charge in [0.25, 0.3) is 0 Å². The molecule has 0 spiro atoms. The first-order valence-electron chi connectivity index (χ1n) is 6.37. The molecule has 0 bridgehead atoms. The van der Waals surface area contributed by atoms with Gasteiger partial charge in [0.15, 0.2) is 0 Å². The molecular formula is C13H20N2O2S. The van der Waals surface area contributed by atoms with Crippen LogP contribution in [0.4, 0.5) is 5.69 Å². The highest BCUT2D eigenvalue weighted by Crippen LogP contribution is 2.30. The van der Waals surface area contributed by atoms with Crippen molar-refractivity contribution in [3.8, 4) is 0 Å². The zero-order valence-electron chi connectivity index (χ0n) is 10.6. The van der Waals surface area contributed by atoms with E-state index >= 15 is 0 Å². The molecule has 3 N–H and O–H groups in total. The van der Waals surface area contributed by atoms with E-state index in [1.807, 2.05) is 6.07 Å². The Morgan fingerprint density at radius 3 is 2.50 bits per heavy atom. The molecule has 1 aliphatic carbocycles. The van der Waals surface area contributed by atoms with Crippen LogP contribution in [0.25, 0.3) is 0 Å². The van der Waals surface area contributed by atoms with Gasteiger partial charge < -0.3 is 5.32 Å². The van der Waals surface area contributed by atoms with Crippen LogP contribution in [0.2, 0.25) is 0 Å². The monoisotopic (exact) mass is 268 g/mol. The highest BCUT2D eigenvalue weighted by molar-refractivity contribution is 7.89. The van der Waals surface area contributed by atoms with Crippen molar-refractivity contribution in [1.29, 1.82) is 0 Å². The van der Waals surface area contributed by atoms with Crippen LogP contribution >= 0.6 is 0 Å². The summed E-state index contributed by atoms with van der Waals surface area (Å²) in [6.07, 6.45) is 4.97. The number of hydrogen-bond acceptors (Lipinski definition) is 3. The molecule has 0 aliphatic heterocycles. The van der Waals surface area contributed by atoms with Gasteiger partial charge >= 0.3 is 0 Å². The third-order valence-corrected chi connectivity index (χ3v) is 4.65. The Labute approximate surface area is 109 Å². The molecule has 18 heavy (non-hydrogen) atoms. The second kappa shape index (κ2) is 5.28. The second-order valence-corrected chi connectivity index (χ2v) is 6.55. The summed E-state index contributed by atoms with van der Waals surface area (Å²) in [6.45, 7) is 2.11. The zero-order valence-corrected chi connectivity index (χ0v) is 11.4. The number of hydrogen-bond donors (Lipinski definition) is 2. The minimum absolute atomic E-state index is 0.176. The molecule has 0 heterocycles. The number of nitrogens with one attached hydrogen (secondary N) is 1. The third-order valence-electron chi connectivity index (χ3n) is 3.68. The van der Waals surface area contributed by atoms with Gasteiger partial charge in [-0.15, -0.1) is 0 Å². The van der Waals surface area contributed by atoms with Crippen molar-refractivity contribution in [2.45, 2.75) is 43.5 Å². The van der Waals surface area contributed by atoms with E-state index < -0.39 is 10.0 Å². The van der Waals surface area contributed by atoms with E-state index in [1.54, 1.807) is 18.2 Å². The minimum Gasteiger partial charge on any atom is -0.381 e. The zero-order chi connectivity index (χ0) is 13.2. The summed E-state index contributed by atoms with van der Waals surface area (Å²) in [5.41, 5.74) is 0.611. The average Bonchev–Trinajstić information content (AvgIpc) is 2.81. The van der Waals surface area contributed by atoms with Crippen LogP contribution in [0, 0.1) is 5.92 Å². The summed E-state index contributed by atoms with van der Waals surface area (Å²) in [7, 11) is -3.67. The number of sulfonamides is 1. The van der Waals surface area contributed by atoms with Crippen molar-refractivity contribution < 1.29 is 8.42 Å². The van der Waals surface area contributed by atoms with Crippen molar-refractivity contribution in [2.24, 2.45) is 11.1 Å². The van der Waals surface area contributed by atoms with Gasteiger partial charge in [-0.1, -0.05) is 25.0 Å². The molecule has 0 saturated heterocycles. The van der Waals surface area contributed by atoms with Crippen LogP contribution in [-0.4, -0.2) is 14.5 Å². The quantitative estimate of drug-likeness (QED) is 0.880. The van der Waals surface area contributed by atoms with Crippen LogP contribution in [0.5, 0.6) is 0 Å². The number of rotatable bonds is 4. The Kier molecular flexibility index (Phi) is 3.92. The largest absolute Gasteiger partial charge is 0.381 e.